The van der Waals surface area contributed by atoms with Gasteiger partial charge in [-0.2, -0.15) is 0 Å². The molecule has 0 spiro atoms. The lowest BCUT2D eigenvalue weighted by Crippen LogP contribution is -2.26. The molecule has 0 radical (unpaired) electrons. The van der Waals surface area contributed by atoms with Crippen LogP contribution in [0.2, 0.25) is 0 Å². The third kappa shape index (κ3) is 2.43. The Morgan fingerprint density at radius 1 is 1.62 bits per heavy atom. The van der Waals surface area contributed by atoms with E-state index in [4.69, 9.17) is 0 Å². The highest BCUT2D eigenvalue weighted by Gasteiger charge is 2.28. The van der Waals surface area contributed by atoms with Crippen molar-refractivity contribution in [2.45, 2.75) is 40.0 Å². The first kappa shape index (κ1) is 10.5. The zero-order valence-electron chi connectivity index (χ0n) is 8.92. The summed E-state index contributed by atoms with van der Waals surface area (Å²) in [6, 6.07) is 0. The van der Waals surface area contributed by atoms with E-state index < -0.39 is 0 Å². The van der Waals surface area contributed by atoms with Crippen LogP contribution in [0.5, 0.6) is 0 Å². The molecule has 0 fully saturated rings. The van der Waals surface area contributed by atoms with E-state index in [2.05, 4.69) is 26.8 Å². The Bertz CT molecular complexity index is 205. The number of aldehydes is 1. The van der Waals surface area contributed by atoms with E-state index in [1.165, 1.54) is 18.4 Å². The maximum atomic E-state index is 10.9. The number of hydrogen-bond donors (Lipinski definition) is 0. The lowest BCUT2D eigenvalue weighted by molar-refractivity contribution is -0.113. The molecule has 0 aliphatic heterocycles. The molecule has 74 valence electrons. The monoisotopic (exact) mass is 180 g/mol. The van der Waals surface area contributed by atoms with Crippen LogP contribution >= 0.6 is 0 Å². The zero-order valence-corrected chi connectivity index (χ0v) is 8.92. The average Bonchev–Trinajstić information content (AvgIpc) is 2.04. The van der Waals surface area contributed by atoms with Crippen LogP contribution in [0.15, 0.2) is 11.6 Å². The second kappa shape index (κ2) is 4.59. The third-order valence-corrected chi connectivity index (χ3v) is 3.10. The summed E-state index contributed by atoms with van der Waals surface area (Å²) in [5.41, 5.74) is 1.46. The minimum atomic E-state index is 0.267. The van der Waals surface area contributed by atoms with E-state index in [1.807, 2.05) is 0 Å². The van der Waals surface area contributed by atoms with Gasteiger partial charge in [-0.1, -0.05) is 31.9 Å². The van der Waals surface area contributed by atoms with Crippen molar-refractivity contribution in [2.75, 3.05) is 0 Å². The standard InChI is InChI=1S/C12H20O/c1-4-5-11-7-9(2)6-10(3)12(11)8-13/h6,8,10-12H,4-5,7H2,1-3H3/t10-,11-,12-/m1/s1. The molecule has 0 aromatic rings. The van der Waals surface area contributed by atoms with E-state index >= 15 is 0 Å². The minimum Gasteiger partial charge on any atom is -0.303 e. The second-order valence-electron chi connectivity index (χ2n) is 4.34. The molecule has 3 atom stereocenters. The van der Waals surface area contributed by atoms with Crippen molar-refractivity contribution >= 4 is 6.29 Å². The van der Waals surface area contributed by atoms with Gasteiger partial charge in [0, 0.05) is 5.92 Å². The molecule has 1 nitrogen and oxygen atoms in total. The van der Waals surface area contributed by atoms with Gasteiger partial charge in [0.15, 0.2) is 0 Å². The van der Waals surface area contributed by atoms with Crippen molar-refractivity contribution in [1.82, 2.24) is 0 Å². The summed E-state index contributed by atoms with van der Waals surface area (Å²) >= 11 is 0. The molecule has 0 bridgehead atoms. The summed E-state index contributed by atoms with van der Waals surface area (Å²) in [6.07, 6.45) is 6.93. The molecule has 0 amide bonds. The number of rotatable bonds is 3. The number of carbonyl (C=O) groups excluding carboxylic acids is 1. The molecular formula is C12H20O. The molecule has 0 aromatic carbocycles. The van der Waals surface area contributed by atoms with Gasteiger partial charge in [-0.25, -0.2) is 0 Å². The predicted octanol–water partition coefficient (Wildman–Crippen LogP) is 3.20. The zero-order chi connectivity index (χ0) is 9.84. The fourth-order valence-corrected chi connectivity index (χ4v) is 2.51. The van der Waals surface area contributed by atoms with Crippen LogP contribution in [-0.4, -0.2) is 6.29 Å². The van der Waals surface area contributed by atoms with Gasteiger partial charge in [0.25, 0.3) is 0 Å². The van der Waals surface area contributed by atoms with Gasteiger partial charge in [-0.3, -0.25) is 0 Å². The molecular weight excluding hydrogens is 160 g/mol. The van der Waals surface area contributed by atoms with Gasteiger partial charge in [0.1, 0.15) is 6.29 Å². The second-order valence-corrected chi connectivity index (χ2v) is 4.34. The van der Waals surface area contributed by atoms with Crippen LogP contribution in [-0.2, 0) is 4.79 Å². The SMILES string of the molecule is CCC[C@@H]1CC(C)=C[C@@H](C)[C@H]1C=O. The van der Waals surface area contributed by atoms with Gasteiger partial charge in [0.2, 0.25) is 0 Å². The summed E-state index contributed by atoms with van der Waals surface area (Å²) in [4.78, 5) is 10.9. The van der Waals surface area contributed by atoms with Crippen molar-refractivity contribution in [3.8, 4) is 0 Å². The molecule has 0 aromatic heterocycles. The Balaban J connectivity index is 2.72. The topological polar surface area (TPSA) is 17.1 Å². The first-order valence-electron chi connectivity index (χ1n) is 5.31. The molecule has 0 unspecified atom stereocenters. The van der Waals surface area contributed by atoms with Crippen molar-refractivity contribution in [2.24, 2.45) is 17.8 Å². The number of allylic oxidation sites excluding steroid dienone is 2. The lowest BCUT2D eigenvalue weighted by Gasteiger charge is -2.31. The van der Waals surface area contributed by atoms with E-state index in [0.717, 1.165) is 12.7 Å². The summed E-state index contributed by atoms with van der Waals surface area (Å²) < 4.78 is 0. The van der Waals surface area contributed by atoms with Crippen molar-refractivity contribution in [3.63, 3.8) is 0 Å². The molecule has 1 heteroatoms. The molecule has 1 rings (SSSR count). The lowest BCUT2D eigenvalue weighted by atomic mass is 9.73. The highest BCUT2D eigenvalue weighted by atomic mass is 16.1. The molecule has 0 saturated heterocycles. The normalized spacial score (nSPS) is 34.1. The molecule has 1 aliphatic carbocycles. The first-order chi connectivity index (χ1) is 6.19. The van der Waals surface area contributed by atoms with Crippen LogP contribution in [0.4, 0.5) is 0 Å². The van der Waals surface area contributed by atoms with Crippen molar-refractivity contribution in [3.05, 3.63) is 11.6 Å². The van der Waals surface area contributed by atoms with Crippen LogP contribution in [0.25, 0.3) is 0 Å². The third-order valence-electron chi connectivity index (χ3n) is 3.10. The van der Waals surface area contributed by atoms with Gasteiger partial charge in [-0.15, -0.1) is 0 Å². The van der Waals surface area contributed by atoms with Gasteiger partial charge < -0.3 is 4.79 Å². The average molecular weight is 180 g/mol. The largest absolute Gasteiger partial charge is 0.303 e. The highest BCUT2D eigenvalue weighted by Crippen LogP contribution is 2.34. The summed E-state index contributed by atoms with van der Waals surface area (Å²) in [5, 5.41) is 0. The number of carbonyl (C=O) groups is 1. The molecule has 0 N–H and O–H groups in total. The van der Waals surface area contributed by atoms with Gasteiger partial charge >= 0.3 is 0 Å². The van der Waals surface area contributed by atoms with E-state index in [1.54, 1.807) is 0 Å². The molecule has 13 heavy (non-hydrogen) atoms. The quantitative estimate of drug-likeness (QED) is 0.481. The Labute approximate surface area is 81.2 Å². The Morgan fingerprint density at radius 2 is 2.31 bits per heavy atom. The van der Waals surface area contributed by atoms with Gasteiger partial charge in [0.05, 0.1) is 0 Å². The summed E-state index contributed by atoms with van der Waals surface area (Å²) in [7, 11) is 0. The fraction of sp³-hybridized carbons (Fsp3) is 0.750. The van der Waals surface area contributed by atoms with Crippen LogP contribution in [0.3, 0.4) is 0 Å². The van der Waals surface area contributed by atoms with Crippen molar-refractivity contribution in [1.29, 1.82) is 0 Å². The Morgan fingerprint density at radius 3 is 2.85 bits per heavy atom. The van der Waals surface area contributed by atoms with E-state index in [-0.39, 0.29) is 5.92 Å². The molecule has 0 saturated carbocycles. The van der Waals surface area contributed by atoms with Crippen molar-refractivity contribution < 1.29 is 4.79 Å². The fourth-order valence-electron chi connectivity index (χ4n) is 2.51. The summed E-state index contributed by atoms with van der Waals surface area (Å²) in [5.74, 6) is 1.31. The predicted molar refractivity (Wildman–Crippen MR) is 55.5 cm³/mol. The number of hydrogen-bond acceptors (Lipinski definition) is 1. The molecule has 0 heterocycles. The van der Waals surface area contributed by atoms with Crippen LogP contribution < -0.4 is 0 Å². The Hall–Kier alpha value is -0.590. The first-order valence-corrected chi connectivity index (χ1v) is 5.31. The minimum absolute atomic E-state index is 0.267. The van der Waals surface area contributed by atoms with Crippen LogP contribution in [0.1, 0.15) is 40.0 Å². The maximum Gasteiger partial charge on any atom is 0.123 e. The summed E-state index contributed by atoms with van der Waals surface area (Å²) in [6.45, 7) is 6.53. The van der Waals surface area contributed by atoms with Gasteiger partial charge in [-0.05, 0) is 31.6 Å². The Kier molecular flexibility index (Phi) is 3.71. The van der Waals surface area contributed by atoms with Crippen LogP contribution in [0, 0.1) is 17.8 Å². The van der Waals surface area contributed by atoms with E-state index in [0.29, 0.717) is 11.8 Å². The highest BCUT2D eigenvalue weighted by molar-refractivity contribution is 5.56. The maximum absolute atomic E-state index is 10.9. The molecule has 1 aliphatic rings. The smallest absolute Gasteiger partial charge is 0.123 e. The van der Waals surface area contributed by atoms with E-state index in [9.17, 15) is 4.79 Å².